The zero-order valence-corrected chi connectivity index (χ0v) is 34.8. The third-order valence-corrected chi connectivity index (χ3v) is 10.3. The van der Waals surface area contributed by atoms with Crippen LogP contribution in [-0.4, -0.2) is 34.9 Å². The number of aliphatic hydroxyl groups is 2. The molecule has 0 aromatic heterocycles. The quantitative estimate of drug-likeness (QED) is 0.0434. The molecule has 0 fully saturated rings. The Morgan fingerprint density at radius 2 is 0.788 bits per heavy atom. The maximum atomic E-state index is 12.4. The number of amides is 1. The van der Waals surface area contributed by atoms with Crippen LogP contribution < -0.4 is 5.32 Å². The molecule has 0 aliphatic rings. The van der Waals surface area contributed by atoms with E-state index in [1.54, 1.807) is 6.08 Å². The first-order valence-corrected chi connectivity index (χ1v) is 22.9. The Hall–Kier alpha value is -1.65. The molecule has 0 rings (SSSR count). The topological polar surface area (TPSA) is 69.6 Å². The van der Waals surface area contributed by atoms with E-state index >= 15 is 0 Å². The average Bonchev–Trinajstić information content (AvgIpc) is 3.15. The van der Waals surface area contributed by atoms with Gasteiger partial charge in [-0.25, -0.2) is 0 Å². The highest BCUT2D eigenvalue weighted by Crippen LogP contribution is 2.15. The summed E-state index contributed by atoms with van der Waals surface area (Å²) in [6.45, 7) is 4.29. The number of rotatable bonds is 41. The fourth-order valence-corrected chi connectivity index (χ4v) is 6.77. The van der Waals surface area contributed by atoms with E-state index in [1.807, 2.05) is 6.08 Å². The summed E-state index contributed by atoms with van der Waals surface area (Å²) in [7, 11) is 0. The molecule has 52 heavy (non-hydrogen) atoms. The lowest BCUT2D eigenvalue weighted by molar-refractivity contribution is -0.123. The maximum absolute atomic E-state index is 12.4. The molecule has 0 saturated heterocycles. The van der Waals surface area contributed by atoms with Crippen molar-refractivity contribution in [1.82, 2.24) is 5.32 Å². The number of unbranched alkanes of at least 4 members (excludes halogenated alkanes) is 28. The smallest absolute Gasteiger partial charge is 0.220 e. The van der Waals surface area contributed by atoms with Gasteiger partial charge >= 0.3 is 0 Å². The SMILES string of the molecule is CCCCCCC/C=C\C/C=C\C/C=C\CCCCCCCCCCCCCCC(=O)NC(CO)C(O)/C=C/CCCCCCCCCCCCC. The number of carbonyl (C=O) groups is 1. The van der Waals surface area contributed by atoms with Crippen LogP contribution in [0.15, 0.2) is 48.6 Å². The molecule has 304 valence electrons. The predicted octanol–water partition coefficient (Wildman–Crippen LogP) is 14.4. The zero-order chi connectivity index (χ0) is 37.8. The summed E-state index contributed by atoms with van der Waals surface area (Å²) in [5.74, 6) is -0.0671. The first-order valence-electron chi connectivity index (χ1n) is 22.9. The second-order valence-electron chi connectivity index (χ2n) is 15.5. The van der Waals surface area contributed by atoms with Gasteiger partial charge in [0.2, 0.25) is 5.91 Å². The number of allylic oxidation sites excluding steroid dienone is 7. The summed E-state index contributed by atoms with van der Waals surface area (Å²) in [5, 5.41) is 23.0. The summed E-state index contributed by atoms with van der Waals surface area (Å²) in [6, 6.07) is -0.623. The van der Waals surface area contributed by atoms with Crippen molar-refractivity contribution in [1.29, 1.82) is 0 Å². The molecule has 2 atom stereocenters. The molecule has 0 aromatic carbocycles. The van der Waals surface area contributed by atoms with Gasteiger partial charge in [0.05, 0.1) is 18.8 Å². The summed E-state index contributed by atoms with van der Waals surface area (Å²) >= 11 is 0. The lowest BCUT2D eigenvalue weighted by Gasteiger charge is -2.20. The van der Waals surface area contributed by atoms with Crippen LogP contribution in [0.3, 0.4) is 0 Å². The van der Waals surface area contributed by atoms with Crippen molar-refractivity contribution in [3.63, 3.8) is 0 Å². The van der Waals surface area contributed by atoms with Crippen molar-refractivity contribution < 1.29 is 15.0 Å². The van der Waals surface area contributed by atoms with Gasteiger partial charge in [-0.3, -0.25) is 4.79 Å². The molecular formula is C48H89NO3. The predicted molar refractivity (Wildman–Crippen MR) is 230 cm³/mol. The highest BCUT2D eigenvalue weighted by atomic mass is 16.3. The van der Waals surface area contributed by atoms with E-state index < -0.39 is 12.1 Å². The molecule has 0 aliphatic carbocycles. The summed E-state index contributed by atoms with van der Waals surface area (Å²) in [5.41, 5.74) is 0. The highest BCUT2D eigenvalue weighted by Gasteiger charge is 2.17. The lowest BCUT2D eigenvalue weighted by Crippen LogP contribution is -2.45. The first-order chi connectivity index (χ1) is 25.7. The van der Waals surface area contributed by atoms with Gasteiger partial charge in [-0.1, -0.05) is 217 Å². The van der Waals surface area contributed by atoms with E-state index in [1.165, 1.54) is 173 Å². The van der Waals surface area contributed by atoms with Crippen molar-refractivity contribution in [3.8, 4) is 0 Å². The third-order valence-electron chi connectivity index (χ3n) is 10.3. The van der Waals surface area contributed by atoms with Gasteiger partial charge in [-0.2, -0.15) is 0 Å². The second-order valence-corrected chi connectivity index (χ2v) is 15.5. The molecule has 4 nitrogen and oxygen atoms in total. The van der Waals surface area contributed by atoms with Gasteiger partial charge in [-0.15, -0.1) is 0 Å². The van der Waals surface area contributed by atoms with Crippen LogP contribution in [0.25, 0.3) is 0 Å². The highest BCUT2D eigenvalue weighted by molar-refractivity contribution is 5.76. The fraction of sp³-hybridized carbons (Fsp3) is 0.812. The molecule has 0 saturated carbocycles. The minimum Gasteiger partial charge on any atom is -0.394 e. The maximum Gasteiger partial charge on any atom is 0.220 e. The first kappa shape index (κ1) is 50.4. The largest absolute Gasteiger partial charge is 0.394 e. The van der Waals surface area contributed by atoms with Gasteiger partial charge in [0.25, 0.3) is 0 Å². The van der Waals surface area contributed by atoms with E-state index in [0.29, 0.717) is 6.42 Å². The van der Waals surface area contributed by atoms with E-state index in [2.05, 4.69) is 55.6 Å². The van der Waals surface area contributed by atoms with Crippen LogP contribution in [0.4, 0.5) is 0 Å². The van der Waals surface area contributed by atoms with E-state index in [4.69, 9.17) is 0 Å². The zero-order valence-electron chi connectivity index (χ0n) is 34.8. The fourth-order valence-electron chi connectivity index (χ4n) is 6.77. The van der Waals surface area contributed by atoms with Gasteiger partial charge in [0.15, 0.2) is 0 Å². The van der Waals surface area contributed by atoms with Crippen LogP contribution in [0.2, 0.25) is 0 Å². The van der Waals surface area contributed by atoms with E-state index in [9.17, 15) is 15.0 Å². The van der Waals surface area contributed by atoms with Crippen molar-refractivity contribution in [2.75, 3.05) is 6.61 Å². The number of hydrogen-bond donors (Lipinski definition) is 3. The minimum atomic E-state index is -0.839. The Morgan fingerprint density at radius 1 is 0.462 bits per heavy atom. The minimum absolute atomic E-state index is 0.0671. The van der Waals surface area contributed by atoms with Crippen LogP contribution in [0.1, 0.15) is 232 Å². The Kier molecular flexibility index (Phi) is 42.4. The molecule has 3 N–H and O–H groups in total. The number of aliphatic hydroxyl groups excluding tert-OH is 2. The third kappa shape index (κ3) is 39.6. The Balaban J connectivity index is 3.54. The van der Waals surface area contributed by atoms with Gasteiger partial charge < -0.3 is 15.5 Å². The summed E-state index contributed by atoms with van der Waals surface area (Å²) < 4.78 is 0. The van der Waals surface area contributed by atoms with Gasteiger partial charge in [0, 0.05) is 6.42 Å². The van der Waals surface area contributed by atoms with E-state index in [-0.39, 0.29) is 12.5 Å². The molecule has 4 heteroatoms. The average molecular weight is 728 g/mol. The van der Waals surface area contributed by atoms with Gasteiger partial charge in [-0.05, 0) is 57.8 Å². The normalized spacial score (nSPS) is 13.4. The molecule has 0 spiro atoms. The summed E-state index contributed by atoms with van der Waals surface area (Å²) in [6.07, 6.45) is 59.4. The van der Waals surface area contributed by atoms with E-state index in [0.717, 1.165) is 38.5 Å². The molecule has 0 aromatic rings. The summed E-state index contributed by atoms with van der Waals surface area (Å²) in [4.78, 5) is 12.4. The Morgan fingerprint density at radius 3 is 1.17 bits per heavy atom. The molecule has 2 unspecified atom stereocenters. The number of nitrogens with one attached hydrogen (secondary N) is 1. The van der Waals surface area contributed by atoms with Crippen molar-refractivity contribution in [2.45, 2.75) is 244 Å². The monoisotopic (exact) mass is 728 g/mol. The lowest BCUT2D eigenvalue weighted by atomic mass is 10.0. The molecule has 0 aliphatic heterocycles. The van der Waals surface area contributed by atoms with Crippen LogP contribution >= 0.6 is 0 Å². The number of hydrogen-bond acceptors (Lipinski definition) is 3. The van der Waals surface area contributed by atoms with Crippen molar-refractivity contribution in [2.24, 2.45) is 0 Å². The molecule has 0 bridgehead atoms. The molecular weight excluding hydrogens is 639 g/mol. The van der Waals surface area contributed by atoms with Crippen LogP contribution in [0, 0.1) is 0 Å². The Bertz CT molecular complexity index is 831. The number of carbonyl (C=O) groups excluding carboxylic acids is 1. The molecule has 0 heterocycles. The second kappa shape index (κ2) is 43.8. The van der Waals surface area contributed by atoms with Gasteiger partial charge in [0.1, 0.15) is 0 Å². The Labute approximate surface area is 324 Å². The van der Waals surface area contributed by atoms with Crippen molar-refractivity contribution in [3.05, 3.63) is 48.6 Å². The van der Waals surface area contributed by atoms with Crippen molar-refractivity contribution >= 4 is 5.91 Å². The van der Waals surface area contributed by atoms with Crippen LogP contribution in [-0.2, 0) is 4.79 Å². The van der Waals surface area contributed by atoms with Crippen LogP contribution in [0.5, 0.6) is 0 Å². The molecule has 0 radical (unpaired) electrons. The standard InChI is InChI=1S/C48H89NO3/c1-3-5-7-9-11-13-15-17-18-19-20-21-22-23-24-25-26-27-28-29-30-32-34-36-38-40-42-44-48(52)49-46(45-50)47(51)43-41-39-37-35-33-31-16-14-12-10-8-6-4-2/h15,17,19-20,22-23,41,43,46-47,50-51H,3-14,16,18,21,24-40,42,44-45H2,1-2H3,(H,49,52)/b17-15-,20-19-,23-22-,43-41+. The molecule has 1 amide bonds.